The number of rotatable bonds is 3. The average Bonchev–Trinajstić information content (AvgIpc) is 2.78. The van der Waals surface area contributed by atoms with Crippen molar-refractivity contribution in [1.29, 1.82) is 0 Å². The van der Waals surface area contributed by atoms with Gasteiger partial charge in [-0.15, -0.1) is 11.3 Å². The molecule has 4 heteroatoms. The molecule has 3 nitrogen and oxygen atoms in total. The molecule has 0 bridgehead atoms. The van der Waals surface area contributed by atoms with E-state index >= 15 is 0 Å². The first-order valence-electron chi connectivity index (χ1n) is 5.55. The van der Waals surface area contributed by atoms with Crippen molar-refractivity contribution in [2.45, 2.75) is 33.1 Å². The van der Waals surface area contributed by atoms with Crippen LogP contribution in [0.25, 0.3) is 0 Å². The molecule has 1 aromatic rings. The number of hydrogen-bond donors (Lipinski definition) is 1. The SMILES string of the molecule is Cc1nc(NC(=O)CC2C=CCC2)sc1C. The summed E-state index contributed by atoms with van der Waals surface area (Å²) in [5.74, 6) is 0.493. The lowest BCUT2D eigenvalue weighted by molar-refractivity contribution is -0.116. The Bertz CT molecular complexity index is 403. The molecule has 0 aromatic carbocycles. The summed E-state index contributed by atoms with van der Waals surface area (Å²) in [4.78, 5) is 17.2. The highest BCUT2D eigenvalue weighted by Crippen LogP contribution is 2.23. The molecular weight excluding hydrogens is 220 g/mol. The molecule has 1 atom stereocenters. The van der Waals surface area contributed by atoms with Crippen molar-refractivity contribution in [3.8, 4) is 0 Å². The molecule has 1 aromatic heterocycles. The zero-order valence-corrected chi connectivity index (χ0v) is 10.4. The number of hydrogen-bond acceptors (Lipinski definition) is 3. The molecular formula is C12H16N2OS. The van der Waals surface area contributed by atoms with Gasteiger partial charge in [0.15, 0.2) is 5.13 Å². The molecule has 0 spiro atoms. The van der Waals surface area contributed by atoms with E-state index in [0.29, 0.717) is 12.3 Å². The number of anilines is 1. The molecule has 1 aliphatic carbocycles. The van der Waals surface area contributed by atoms with Crippen LogP contribution in [0.3, 0.4) is 0 Å². The van der Waals surface area contributed by atoms with Crippen LogP contribution in [0, 0.1) is 19.8 Å². The van der Waals surface area contributed by atoms with Gasteiger partial charge in [0.25, 0.3) is 0 Å². The summed E-state index contributed by atoms with van der Waals surface area (Å²) in [5, 5.41) is 3.59. The maximum absolute atomic E-state index is 11.7. The molecule has 0 radical (unpaired) electrons. The highest BCUT2D eigenvalue weighted by atomic mass is 32.1. The van der Waals surface area contributed by atoms with E-state index in [0.717, 1.165) is 28.5 Å². The molecule has 86 valence electrons. The predicted molar refractivity (Wildman–Crippen MR) is 66.7 cm³/mol. The molecule has 1 N–H and O–H groups in total. The monoisotopic (exact) mass is 236 g/mol. The third-order valence-electron chi connectivity index (χ3n) is 2.83. The molecule has 1 unspecified atom stereocenters. The largest absolute Gasteiger partial charge is 0.302 e. The second-order valence-corrected chi connectivity index (χ2v) is 5.38. The maximum Gasteiger partial charge on any atom is 0.226 e. The molecule has 0 saturated carbocycles. The molecule has 0 aliphatic heterocycles. The molecule has 1 aliphatic rings. The van der Waals surface area contributed by atoms with Gasteiger partial charge in [-0.2, -0.15) is 0 Å². The van der Waals surface area contributed by atoms with Gasteiger partial charge < -0.3 is 5.32 Å². The summed E-state index contributed by atoms with van der Waals surface area (Å²) in [7, 11) is 0. The Morgan fingerprint density at radius 3 is 3.00 bits per heavy atom. The third-order valence-corrected chi connectivity index (χ3v) is 3.82. The number of aromatic nitrogens is 1. The number of nitrogens with zero attached hydrogens (tertiary/aromatic N) is 1. The Morgan fingerprint density at radius 1 is 1.62 bits per heavy atom. The molecule has 16 heavy (non-hydrogen) atoms. The van der Waals surface area contributed by atoms with E-state index in [1.807, 2.05) is 13.8 Å². The highest BCUT2D eigenvalue weighted by molar-refractivity contribution is 7.15. The zero-order chi connectivity index (χ0) is 11.5. The van der Waals surface area contributed by atoms with Crippen LogP contribution in [0.1, 0.15) is 29.8 Å². The summed E-state index contributed by atoms with van der Waals surface area (Å²) in [5.41, 5.74) is 1.00. The van der Waals surface area contributed by atoms with Crippen LogP contribution in [0.5, 0.6) is 0 Å². The molecule has 2 rings (SSSR count). The van der Waals surface area contributed by atoms with Gasteiger partial charge in [-0.3, -0.25) is 4.79 Å². The van der Waals surface area contributed by atoms with Gasteiger partial charge in [-0.05, 0) is 32.6 Å². The molecule has 0 fully saturated rings. The van der Waals surface area contributed by atoms with Gasteiger partial charge in [0.2, 0.25) is 5.91 Å². The van der Waals surface area contributed by atoms with Gasteiger partial charge in [-0.25, -0.2) is 4.98 Å². The molecule has 1 heterocycles. The van der Waals surface area contributed by atoms with Crippen molar-refractivity contribution >= 4 is 22.4 Å². The fraction of sp³-hybridized carbons (Fsp3) is 0.500. The Labute approximate surface area is 99.6 Å². The minimum atomic E-state index is 0.0744. The van der Waals surface area contributed by atoms with E-state index in [9.17, 15) is 4.79 Å². The van der Waals surface area contributed by atoms with Crippen LogP contribution in [0.2, 0.25) is 0 Å². The average molecular weight is 236 g/mol. The number of carbonyl (C=O) groups excluding carboxylic acids is 1. The predicted octanol–water partition coefficient (Wildman–Crippen LogP) is 3.05. The number of amides is 1. The Kier molecular flexibility index (Phi) is 3.39. The van der Waals surface area contributed by atoms with Crippen LogP contribution < -0.4 is 5.32 Å². The van der Waals surface area contributed by atoms with Gasteiger partial charge in [0.1, 0.15) is 0 Å². The smallest absolute Gasteiger partial charge is 0.226 e. The topological polar surface area (TPSA) is 42.0 Å². The summed E-state index contributed by atoms with van der Waals surface area (Å²) in [6.07, 6.45) is 7.07. The normalized spacial score (nSPS) is 19.0. The van der Waals surface area contributed by atoms with Crippen LogP contribution in [0.15, 0.2) is 12.2 Å². The van der Waals surface area contributed by atoms with Crippen molar-refractivity contribution < 1.29 is 4.79 Å². The van der Waals surface area contributed by atoms with E-state index in [1.54, 1.807) is 0 Å². The second kappa shape index (κ2) is 4.78. The Hall–Kier alpha value is -1.16. The van der Waals surface area contributed by atoms with Crippen LogP contribution >= 0.6 is 11.3 Å². The maximum atomic E-state index is 11.7. The molecule has 1 amide bonds. The minimum Gasteiger partial charge on any atom is -0.302 e. The fourth-order valence-corrected chi connectivity index (χ4v) is 2.63. The van der Waals surface area contributed by atoms with Crippen molar-refractivity contribution in [1.82, 2.24) is 4.98 Å². The van der Waals surface area contributed by atoms with E-state index in [2.05, 4.69) is 22.5 Å². The molecule has 0 saturated heterocycles. The van der Waals surface area contributed by atoms with Crippen molar-refractivity contribution in [2.75, 3.05) is 5.32 Å². The van der Waals surface area contributed by atoms with E-state index < -0.39 is 0 Å². The number of thiazole rings is 1. The number of aryl methyl sites for hydroxylation is 2. The number of nitrogens with one attached hydrogen (secondary N) is 1. The van der Waals surface area contributed by atoms with Gasteiger partial charge >= 0.3 is 0 Å². The fourth-order valence-electron chi connectivity index (χ4n) is 1.80. The highest BCUT2D eigenvalue weighted by Gasteiger charge is 2.15. The first kappa shape index (κ1) is 11.3. The number of carbonyl (C=O) groups is 1. The summed E-state index contributed by atoms with van der Waals surface area (Å²) >= 11 is 1.54. The Morgan fingerprint density at radius 2 is 2.44 bits per heavy atom. The first-order valence-corrected chi connectivity index (χ1v) is 6.37. The summed E-state index contributed by atoms with van der Waals surface area (Å²) < 4.78 is 0. The lowest BCUT2D eigenvalue weighted by Gasteiger charge is -2.06. The standard InChI is InChI=1S/C12H16N2OS/c1-8-9(2)16-12(13-8)14-11(15)7-10-5-3-4-6-10/h3,5,10H,4,6-7H2,1-2H3,(H,13,14,15). The van der Waals surface area contributed by atoms with Gasteiger partial charge in [0, 0.05) is 11.3 Å². The van der Waals surface area contributed by atoms with Crippen LogP contribution in [-0.2, 0) is 4.79 Å². The number of allylic oxidation sites excluding steroid dienone is 2. The van der Waals surface area contributed by atoms with Crippen molar-refractivity contribution in [3.63, 3.8) is 0 Å². The Balaban J connectivity index is 1.89. The minimum absolute atomic E-state index is 0.0744. The lowest BCUT2D eigenvalue weighted by atomic mass is 10.1. The van der Waals surface area contributed by atoms with Crippen LogP contribution in [-0.4, -0.2) is 10.9 Å². The zero-order valence-electron chi connectivity index (χ0n) is 9.62. The first-order chi connectivity index (χ1) is 7.65. The van der Waals surface area contributed by atoms with Crippen molar-refractivity contribution in [3.05, 3.63) is 22.7 Å². The van der Waals surface area contributed by atoms with Crippen molar-refractivity contribution in [2.24, 2.45) is 5.92 Å². The van der Waals surface area contributed by atoms with Gasteiger partial charge in [0.05, 0.1) is 5.69 Å². The second-order valence-electron chi connectivity index (χ2n) is 4.18. The van der Waals surface area contributed by atoms with E-state index in [4.69, 9.17) is 0 Å². The van der Waals surface area contributed by atoms with E-state index in [-0.39, 0.29) is 5.91 Å². The summed E-state index contributed by atoms with van der Waals surface area (Å²) in [6.45, 7) is 3.98. The lowest BCUT2D eigenvalue weighted by Crippen LogP contribution is -2.14. The third kappa shape index (κ3) is 2.70. The van der Waals surface area contributed by atoms with Gasteiger partial charge in [-0.1, -0.05) is 12.2 Å². The van der Waals surface area contributed by atoms with Crippen LogP contribution in [0.4, 0.5) is 5.13 Å². The summed E-state index contributed by atoms with van der Waals surface area (Å²) in [6, 6.07) is 0. The van der Waals surface area contributed by atoms with E-state index in [1.165, 1.54) is 11.3 Å². The quantitative estimate of drug-likeness (QED) is 0.819.